The van der Waals surface area contributed by atoms with Gasteiger partial charge in [0.15, 0.2) is 11.0 Å². The van der Waals surface area contributed by atoms with Crippen LogP contribution in [0.5, 0.6) is 0 Å². The third-order valence-corrected chi connectivity index (χ3v) is 6.34. The van der Waals surface area contributed by atoms with Gasteiger partial charge in [0.1, 0.15) is 0 Å². The molecule has 0 saturated heterocycles. The smallest absolute Gasteiger partial charge is 0.234 e. The van der Waals surface area contributed by atoms with Crippen molar-refractivity contribution in [1.82, 2.24) is 14.8 Å². The molecule has 4 aromatic rings. The zero-order valence-electron chi connectivity index (χ0n) is 17.5. The standard InChI is InChI=1S/C24H20Cl2N4OS/c1-15-7-8-16(2)21(13-15)27-22(31)14-32-24-29-28-23(19-5-3-4-6-20(19)26)30(24)18-11-9-17(25)10-12-18/h3-13H,14H2,1-2H3,(H,27,31). The van der Waals surface area contributed by atoms with Crippen LogP contribution in [0.2, 0.25) is 10.0 Å². The van der Waals surface area contributed by atoms with E-state index in [1.54, 1.807) is 12.1 Å². The minimum atomic E-state index is -0.117. The van der Waals surface area contributed by atoms with Crippen molar-refractivity contribution >= 4 is 46.6 Å². The maximum atomic E-state index is 12.6. The van der Waals surface area contributed by atoms with Crippen molar-refractivity contribution in [3.8, 4) is 17.1 Å². The fraction of sp³-hybridized carbons (Fsp3) is 0.125. The van der Waals surface area contributed by atoms with Gasteiger partial charge >= 0.3 is 0 Å². The molecular weight excluding hydrogens is 463 g/mol. The summed E-state index contributed by atoms with van der Waals surface area (Å²) in [5.74, 6) is 0.658. The first-order valence-electron chi connectivity index (χ1n) is 9.88. The molecule has 1 heterocycles. The molecule has 3 aromatic carbocycles. The molecule has 1 aromatic heterocycles. The van der Waals surface area contributed by atoms with Gasteiger partial charge in [-0.1, -0.05) is 59.2 Å². The predicted octanol–water partition coefficient (Wildman–Crippen LogP) is 6.59. The highest BCUT2D eigenvalue weighted by Gasteiger charge is 2.19. The van der Waals surface area contributed by atoms with Crippen molar-refractivity contribution in [3.05, 3.63) is 87.9 Å². The van der Waals surface area contributed by atoms with Crippen molar-refractivity contribution in [1.29, 1.82) is 0 Å². The summed E-state index contributed by atoms with van der Waals surface area (Å²) < 4.78 is 1.88. The van der Waals surface area contributed by atoms with Crippen molar-refractivity contribution in [2.24, 2.45) is 0 Å². The number of aromatic nitrogens is 3. The van der Waals surface area contributed by atoms with E-state index in [2.05, 4.69) is 15.5 Å². The first-order valence-corrected chi connectivity index (χ1v) is 11.6. The zero-order valence-corrected chi connectivity index (χ0v) is 19.8. The maximum absolute atomic E-state index is 12.6. The normalized spacial score (nSPS) is 10.9. The molecule has 0 aliphatic heterocycles. The van der Waals surface area contributed by atoms with Crippen LogP contribution in [0.4, 0.5) is 5.69 Å². The third kappa shape index (κ3) is 4.99. The largest absolute Gasteiger partial charge is 0.325 e. The van der Waals surface area contributed by atoms with Crippen LogP contribution >= 0.6 is 35.0 Å². The topological polar surface area (TPSA) is 59.8 Å². The highest BCUT2D eigenvalue weighted by molar-refractivity contribution is 7.99. The number of carbonyl (C=O) groups is 1. The van der Waals surface area contributed by atoms with Crippen molar-refractivity contribution in [2.75, 3.05) is 11.1 Å². The molecule has 0 unspecified atom stereocenters. The van der Waals surface area contributed by atoms with Gasteiger partial charge in [0.05, 0.1) is 10.8 Å². The number of carbonyl (C=O) groups excluding carboxylic acids is 1. The Bertz CT molecular complexity index is 1270. The zero-order chi connectivity index (χ0) is 22.7. The van der Waals surface area contributed by atoms with Crippen molar-refractivity contribution < 1.29 is 4.79 Å². The summed E-state index contributed by atoms with van der Waals surface area (Å²) in [6.45, 7) is 3.96. The van der Waals surface area contributed by atoms with Gasteiger partial charge in [-0.3, -0.25) is 9.36 Å². The predicted molar refractivity (Wildman–Crippen MR) is 132 cm³/mol. The third-order valence-electron chi connectivity index (χ3n) is 4.83. The Morgan fingerprint density at radius 2 is 1.75 bits per heavy atom. The quantitative estimate of drug-likeness (QED) is 0.315. The number of benzene rings is 3. The number of rotatable bonds is 6. The van der Waals surface area contributed by atoms with Crippen LogP contribution in [-0.2, 0) is 4.79 Å². The number of hydrogen-bond acceptors (Lipinski definition) is 4. The van der Waals surface area contributed by atoms with Gasteiger partial charge in [0.25, 0.3) is 0 Å². The molecule has 0 aliphatic rings. The molecule has 1 amide bonds. The highest BCUT2D eigenvalue weighted by Crippen LogP contribution is 2.32. The number of hydrogen-bond donors (Lipinski definition) is 1. The van der Waals surface area contributed by atoms with E-state index in [9.17, 15) is 4.79 Å². The minimum absolute atomic E-state index is 0.117. The molecule has 0 bridgehead atoms. The summed E-state index contributed by atoms with van der Waals surface area (Å²) in [6.07, 6.45) is 0. The van der Waals surface area contributed by atoms with E-state index in [-0.39, 0.29) is 11.7 Å². The number of nitrogens with one attached hydrogen (secondary N) is 1. The van der Waals surface area contributed by atoms with Gasteiger partial charge in [-0.2, -0.15) is 0 Å². The Hall–Kier alpha value is -2.80. The second-order valence-electron chi connectivity index (χ2n) is 7.25. The van der Waals surface area contributed by atoms with Crippen LogP contribution in [-0.4, -0.2) is 26.4 Å². The lowest BCUT2D eigenvalue weighted by Gasteiger charge is -2.12. The maximum Gasteiger partial charge on any atom is 0.234 e. The Morgan fingerprint density at radius 3 is 2.50 bits per heavy atom. The van der Waals surface area contributed by atoms with Crippen molar-refractivity contribution in [2.45, 2.75) is 19.0 Å². The van der Waals surface area contributed by atoms with Crippen LogP contribution in [0, 0.1) is 13.8 Å². The Kier molecular flexibility index (Phi) is 6.84. The van der Waals surface area contributed by atoms with Gasteiger partial charge in [-0.05, 0) is 67.4 Å². The summed E-state index contributed by atoms with van der Waals surface area (Å²) >= 11 is 13.8. The second-order valence-corrected chi connectivity index (χ2v) is 9.04. The molecule has 0 saturated carbocycles. The lowest BCUT2D eigenvalue weighted by atomic mass is 10.1. The first kappa shape index (κ1) is 22.4. The van der Waals surface area contributed by atoms with E-state index in [1.165, 1.54) is 11.8 Å². The summed E-state index contributed by atoms with van der Waals surface area (Å²) in [5, 5.41) is 13.5. The summed E-state index contributed by atoms with van der Waals surface area (Å²) in [6, 6.07) is 20.8. The average Bonchev–Trinajstić information content (AvgIpc) is 3.19. The number of thioether (sulfide) groups is 1. The van der Waals surface area contributed by atoms with Gasteiger partial charge in [0, 0.05) is 22.0 Å². The number of halogens is 2. The number of aryl methyl sites for hydroxylation is 2. The minimum Gasteiger partial charge on any atom is -0.325 e. The van der Waals surface area contributed by atoms with Crippen LogP contribution in [0.3, 0.4) is 0 Å². The van der Waals surface area contributed by atoms with Gasteiger partial charge in [0.2, 0.25) is 5.91 Å². The van der Waals surface area contributed by atoms with Gasteiger partial charge < -0.3 is 5.32 Å². The molecule has 0 spiro atoms. The fourth-order valence-electron chi connectivity index (χ4n) is 3.19. The van der Waals surface area contributed by atoms with E-state index in [4.69, 9.17) is 23.2 Å². The lowest BCUT2D eigenvalue weighted by Crippen LogP contribution is -2.15. The molecule has 32 heavy (non-hydrogen) atoms. The summed E-state index contributed by atoms with van der Waals surface area (Å²) in [4.78, 5) is 12.6. The van der Waals surface area contributed by atoms with E-state index >= 15 is 0 Å². The summed E-state index contributed by atoms with van der Waals surface area (Å²) in [5.41, 5.74) is 4.49. The molecule has 4 rings (SSSR count). The molecule has 0 fully saturated rings. The molecule has 0 aliphatic carbocycles. The SMILES string of the molecule is Cc1ccc(C)c(NC(=O)CSc2nnc(-c3ccccc3Cl)n2-c2ccc(Cl)cc2)c1. The van der Waals surface area contributed by atoms with Crippen LogP contribution in [0.25, 0.3) is 17.1 Å². The molecule has 8 heteroatoms. The van der Waals surface area contributed by atoms with E-state index < -0.39 is 0 Å². The van der Waals surface area contributed by atoms with E-state index in [0.717, 1.165) is 28.1 Å². The molecule has 5 nitrogen and oxygen atoms in total. The Balaban J connectivity index is 1.62. The monoisotopic (exact) mass is 482 g/mol. The van der Waals surface area contributed by atoms with Gasteiger partial charge in [-0.15, -0.1) is 10.2 Å². The van der Waals surface area contributed by atoms with Crippen LogP contribution < -0.4 is 5.32 Å². The van der Waals surface area contributed by atoms with Crippen LogP contribution in [0.1, 0.15) is 11.1 Å². The molecule has 1 N–H and O–H groups in total. The molecule has 0 atom stereocenters. The number of nitrogens with zero attached hydrogens (tertiary/aromatic N) is 3. The summed E-state index contributed by atoms with van der Waals surface area (Å²) in [7, 11) is 0. The van der Waals surface area contributed by atoms with E-state index in [0.29, 0.717) is 21.0 Å². The number of anilines is 1. The highest BCUT2D eigenvalue weighted by atomic mass is 35.5. The first-order chi connectivity index (χ1) is 15.4. The average molecular weight is 483 g/mol. The Morgan fingerprint density at radius 1 is 1.00 bits per heavy atom. The van der Waals surface area contributed by atoms with Crippen LogP contribution in [0.15, 0.2) is 71.9 Å². The lowest BCUT2D eigenvalue weighted by molar-refractivity contribution is -0.113. The van der Waals surface area contributed by atoms with Gasteiger partial charge in [-0.25, -0.2) is 0 Å². The number of amides is 1. The second kappa shape index (κ2) is 9.77. The molecule has 0 radical (unpaired) electrons. The van der Waals surface area contributed by atoms with E-state index in [1.807, 2.05) is 73.0 Å². The van der Waals surface area contributed by atoms with Crippen molar-refractivity contribution in [3.63, 3.8) is 0 Å². The fourth-order valence-corrected chi connectivity index (χ4v) is 4.29. The Labute approximate surface area is 200 Å². The molecular formula is C24H20Cl2N4OS. The molecule has 162 valence electrons.